The maximum Gasteiger partial charge on any atom is 0.225 e. The highest BCUT2D eigenvalue weighted by atomic mass is 19.1. The molecule has 1 saturated heterocycles. The van der Waals surface area contributed by atoms with Crippen molar-refractivity contribution < 1.29 is 13.9 Å². The molecule has 1 fully saturated rings. The molecule has 2 rings (SSSR count). The summed E-state index contributed by atoms with van der Waals surface area (Å²) in [6, 6.07) is 6.39. The lowest BCUT2D eigenvalue weighted by molar-refractivity contribution is -0.139. The van der Waals surface area contributed by atoms with E-state index < -0.39 is 0 Å². The van der Waals surface area contributed by atoms with E-state index in [2.05, 4.69) is 0 Å². The smallest absolute Gasteiger partial charge is 0.225 e. The fraction of sp³-hybridized carbons (Fsp3) is 0.533. The number of ether oxygens (including phenoxy) is 1. The van der Waals surface area contributed by atoms with Gasteiger partial charge in [0.05, 0.1) is 12.1 Å². The van der Waals surface area contributed by atoms with E-state index in [0.717, 1.165) is 5.56 Å². The average molecular weight is 265 g/mol. The number of nitrogens with zero attached hydrogens (tertiary/aromatic N) is 1. The Balaban J connectivity index is 1.98. The van der Waals surface area contributed by atoms with Crippen molar-refractivity contribution in [3.63, 3.8) is 0 Å². The predicted molar refractivity (Wildman–Crippen MR) is 71.1 cm³/mol. The Hall–Kier alpha value is -1.42. The van der Waals surface area contributed by atoms with Gasteiger partial charge in [-0.25, -0.2) is 4.39 Å². The van der Waals surface area contributed by atoms with Crippen molar-refractivity contribution in [3.05, 3.63) is 35.6 Å². The molecule has 19 heavy (non-hydrogen) atoms. The molecule has 0 radical (unpaired) electrons. The van der Waals surface area contributed by atoms with Gasteiger partial charge in [-0.1, -0.05) is 12.1 Å². The predicted octanol–water partition coefficient (Wildman–Crippen LogP) is 2.74. The van der Waals surface area contributed by atoms with E-state index in [-0.39, 0.29) is 23.5 Å². The third-order valence-corrected chi connectivity index (χ3v) is 3.48. The monoisotopic (exact) mass is 265 g/mol. The van der Waals surface area contributed by atoms with Gasteiger partial charge in [-0.15, -0.1) is 0 Å². The van der Waals surface area contributed by atoms with Crippen molar-refractivity contribution in [3.8, 4) is 0 Å². The van der Waals surface area contributed by atoms with Crippen molar-refractivity contribution in [2.45, 2.75) is 45.4 Å². The molecule has 1 aromatic rings. The molecule has 4 heteroatoms. The van der Waals surface area contributed by atoms with Crippen LogP contribution in [-0.4, -0.2) is 29.2 Å². The number of carbonyl (C=O) groups is 1. The topological polar surface area (TPSA) is 29.5 Å². The molecule has 1 aliphatic rings. The Morgan fingerprint density at radius 2 is 2.26 bits per heavy atom. The van der Waals surface area contributed by atoms with E-state index in [9.17, 15) is 9.18 Å². The van der Waals surface area contributed by atoms with Gasteiger partial charge in [0.15, 0.2) is 0 Å². The number of carbonyl (C=O) groups excluding carboxylic acids is 1. The highest BCUT2D eigenvalue weighted by Crippen LogP contribution is 2.27. The molecule has 1 amide bonds. The van der Waals surface area contributed by atoms with Crippen molar-refractivity contribution in [1.29, 1.82) is 0 Å². The van der Waals surface area contributed by atoms with Crippen LogP contribution in [0.5, 0.6) is 0 Å². The molecule has 0 spiro atoms. The molecule has 3 nitrogen and oxygen atoms in total. The van der Waals surface area contributed by atoms with Crippen LogP contribution in [0.25, 0.3) is 0 Å². The Morgan fingerprint density at radius 1 is 1.53 bits per heavy atom. The number of hydrogen-bond donors (Lipinski definition) is 0. The molecular formula is C15H20FNO2. The van der Waals surface area contributed by atoms with Gasteiger partial charge in [-0.3, -0.25) is 4.79 Å². The van der Waals surface area contributed by atoms with Gasteiger partial charge in [-0.2, -0.15) is 0 Å². The lowest BCUT2D eigenvalue weighted by Gasteiger charge is -2.32. The van der Waals surface area contributed by atoms with Gasteiger partial charge >= 0.3 is 0 Å². The quantitative estimate of drug-likeness (QED) is 0.841. The maximum atomic E-state index is 13.1. The largest absolute Gasteiger partial charge is 0.356 e. The van der Waals surface area contributed by atoms with Crippen LogP contribution in [0.4, 0.5) is 4.39 Å². The standard InChI is InChI=1S/C15H20FNO2/c1-11-17(15(2,3)10-19-11)14(18)8-7-12-5-4-6-13(16)9-12/h4-6,9,11H,7-8,10H2,1-3H3. The first-order valence-electron chi connectivity index (χ1n) is 6.58. The summed E-state index contributed by atoms with van der Waals surface area (Å²) in [5.41, 5.74) is 0.581. The number of hydrogen-bond acceptors (Lipinski definition) is 2. The van der Waals surface area contributed by atoms with E-state index in [1.165, 1.54) is 12.1 Å². The zero-order valence-electron chi connectivity index (χ0n) is 11.6. The molecular weight excluding hydrogens is 245 g/mol. The second-order valence-corrected chi connectivity index (χ2v) is 5.62. The van der Waals surface area contributed by atoms with E-state index in [4.69, 9.17) is 4.74 Å². The van der Waals surface area contributed by atoms with Crippen molar-refractivity contribution in [1.82, 2.24) is 4.90 Å². The summed E-state index contributed by atoms with van der Waals surface area (Å²) >= 11 is 0. The Kier molecular flexibility index (Phi) is 3.90. The van der Waals surface area contributed by atoms with Crippen LogP contribution in [0.2, 0.25) is 0 Å². The Labute approximate surface area is 113 Å². The number of benzene rings is 1. The van der Waals surface area contributed by atoms with E-state index in [0.29, 0.717) is 19.4 Å². The third kappa shape index (κ3) is 3.13. The van der Waals surface area contributed by atoms with Crippen LogP contribution in [-0.2, 0) is 16.0 Å². The number of halogens is 1. The van der Waals surface area contributed by atoms with Gasteiger partial charge in [0.1, 0.15) is 12.0 Å². The van der Waals surface area contributed by atoms with Crippen LogP contribution < -0.4 is 0 Å². The minimum Gasteiger partial charge on any atom is -0.356 e. The molecule has 0 aromatic heterocycles. The second kappa shape index (κ2) is 5.29. The molecule has 1 aliphatic heterocycles. The minimum absolute atomic E-state index is 0.0549. The van der Waals surface area contributed by atoms with Crippen LogP contribution >= 0.6 is 0 Å². The summed E-state index contributed by atoms with van der Waals surface area (Å²) in [5, 5.41) is 0. The number of rotatable bonds is 3. The maximum absolute atomic E-state index is 13.1. The summed E-state index contributed by atoms with van der Waals surface area (Å²) in [6.07, 6.45) is 0.742. The van der Waals surface area contributed by atoms with Gasteiger partial charge in [0.2, 0.25) is 5.91 Å². The SMILES string of the molecule is CC1OCC(C)(C)N1C(=O)CCc1cccc(F)c1. The van der Waals surface area contributed by atoms with Crippen LogP contribution in [0.1, 0.15) is 32.8 Å². The fourth-order valence-corrected chi connectivity index (χ4v) is 2.57. The Bertz CT molecular complexity index is 473. The first-order chi connectivity index (χ1) is 8.90. The second-order valence-electron chi connectivity index (χ2n) is 5.62. The highest BCUT2D eigenvalue weighted by molar-refractivity contribution is 5.77. The van der Waals surface area contributed by atoms with Crippen LogP contribution in [0.15, 0.2) is 24.3 Å². The molecule has 0 aliphatic carbocycles. The summed E-state index contributed by atoms with van der Waals surface area (Å²) < 4.78 is 18.6. The number of amides is 1. The summed E-state index contributed by atoms with van der Waals surface area (Å²) in [7, 11) is 0. The molecule has 1 aromatic carbocycles. The minimum atomic E-state index is -0.265. The van der Waals surface area contributed by atoms with E-state index >= 15 is 0 Å². The molecule has 1 atom stereocenters. The van der Waals surface area contributed by atoms with Gasteiger partial charge in [-0.05, 0) is 44.9 Å². The van der Waals surface area contributed by atoms with Crippen molar-refractivity contribution in [2.75, 3.05) is 6.61 Å². The van der Waals surface area contributed by atoms with E-state index in [1.807, 2.05) is 26.8 Å². The number of aryl methyl sites for hydroxylation is 1. The normalized spacial score (nSPS) is 21.7. The van der Waals surface area contributed by atoms with Gasteiger partial charge in [0, 0.05) is 6.42 Å². The average Bonchev–Trinajstić information content (AvgIpc) is 2.61. The molecule has 0 N–H and O–H groups in total. The molecule has 1 heterocycles. The lowest BCUT2D eigenvalue weighted by Crippen LogP contribution is -2.47. The summed E-state index contributed by atoms with van der Waals surface area (Å²) in [4.78, 5) is 14.1. The van der Waals surface area contributed by atoms with Crippen LogP contribution in [0, 0.1) is 5.82 Å². The first kappa shape index (κ1) is 14.0. The van der Waals surface area contributed by atoms with E-state index in [1.54, 1.807) is 11.0 Å². The third-order valence-electron chi connectivity index (χ3n) is 3.48. The zero-order chi connectivity index (χ0) is 14.0. The highest BCUT2D eigenvalue weighted by Gasteiger charge is 2.40. The van der Waals surface area contributed by atoms with Crippen LogP contribution in [0.3, 0.4) is 0 Å². The first-order valence-corrected chi connectivity index (χ1v) is 6.58. The fourth-order valence-electron chi connectivity index (χ4n) is 2.57. The van der Waals surface area contributed by atoms with Crippen molar-refractivity contribution >= 4 is 5.91 Å². The van der Waals surface area contributed by atoms with Gasteiger partial charge in [0.25, 0.3) is 0 Å². The molecule has 104 valence electrons. The molecule has 0 bridgehead atoms. The molecule has 1 unspecified atom stereocenters. The summed E-state index contributed by atoms with van der Waals surface area (Å²) in [6.45, 7) is 6.43. The zero-order valence-corrected chi connectivity index (χ0v) is 11.6. The Morgan fingerprint density at radius 3 is 2.84 bits per heavy atom. The lowest BCUT2D eigenvalue weighted by atomic mass is 10.0. The van der Waals surface area contributed by atoms with Crippen molar-refractivity contribution in [2.24, 2.45) is 0 Å². The summed E-state index contributed by atoms with van der Waals surface area (Å²) in [5.74, 6) is -0.206. The molecule has 0 saturated carbocycles. The van der Waals surface area contributed by atoms with Gasteiger partial charge < -0.3 is 9.64 Å².